The van der Waals surface area contributed by atoms with E-state index in [1.165, 1.54) is 25.3 Å². The summed E-state index contributed by atoms with van der Waals surface area (Å²) in [6.07, 6.45) is -3.60. The summed E-state index contributed by atoms with van der Waals surface area (Å²) in [4.78, 5) is 11.6. The van der Waals surface area contributed by atoms with Gasteiger partial charge < -0.3 is 15.4 Å². The largest absolute Gasteiger partial charge is 0.418 e. The van der Waals surface area contributed by atoms with E-state index in [1.807, 2.05) is 0 Å². The molecule has 0 aliphatic rings. The second-order valence-electron chi connectivity index (χ2n) is 4.11. The quantitative estimate of drug-likeness (QED) is 0.480. The number of alkyl halides is 3. The number of benzene rings is 1. The number of nitriles is 1. The number of carbonyl (C=O) groups excluding carboxylic acids is 1. The summed E-state index contributed by atoms with van der Waals surface area (Å²) in [7, 11) is 1.45. The van der Waals surface area contributed by atoms with Crippen LogP contribution in [0.3, 0.4) is 0 Å². The lowest BCUT2D eigenvalue weighted by Crippen LogP contribution is -2.28. The van der Waals surface area contributed by atoms with E-state index in [2.05, 4.69) is 10.6 Å². The predicted octanol–water partition coefficient (Wildman–Crippen LogP) is 2.29. The van der Waals surface area contributed by atoms with Gasteiger partial charge in [-0.1, -0.05) is 12.1 Å². The van der Waals surface area contributed by atoms with Crippen LogP contribution in [0.15, 0.2) is 36.0 Å². The summed E-state index contributed by atoms with van der Waals surface area (Å²) in [6.45, 7) is 0.447. The van der Waals surface area contributed by atoms with Gasteiger partial charge in [0, 0.05) is 19.9 Å². The number of para-hydroxylation sites is 1. The molecule has 5 nitrogen and oxygen atoms in total. The molecule has 1 aromatic rings. The Morgan fingerprint density at radius 3 is 2.68 bits per heavy atom. The van der Waals surface area contributed by atoms with Crippen molar-refractivity contribution in [2.24, 2.45) is 0 Å². The molecule has 0 spiro atoms. The van der Waals surface area contributed by atoms with Crippen LogP contribution in [0.1, 0.15) is 5.56 Å². The molecule has 0 bridgehead atoms. The van der Waals surface area contributed by atoms with Crippen molar-refractivity contribution in [2.45, 2.75) is 6.18 Å². The fraction of sp³-hybridized carbons (Fsp3) is 0.286. The number of carbonyl (C=O) groups is 1. The number of halogens is 3. The SMILES string of the molecule is COCCNC(=O)/C(C#N)=C\Nc1ccccc1C(F)(F)F. The lowest BCUT2D eigenvalue weighted by molar-refractivity contribution is -0.136. The van der Waals surface area contributed by atoms with Gasteiger partial charge in [0.2, 0.25) is 0 Å². The van der Waals surface area contributed by atoms with E-state index in [-0.39, 0.29) is 24.4 Å². The maximum absolute atomic E-state index is 12.8. The van der Waals surface area contributed by atoms with Gasteiger partial charge in [-0.15, -0.1) is 0 Å². The molecule has 0 fully saturated rings. The Kier molecular flexibility index (Phi) is 6.41. The molecule has 22 heavy (non-hydrogen) atoms. The number of ether oxygens (including phenoxy) is 1. The van der Waals surface area contributed by atoms with Gasteiger partial charge in [0.05, 0.1) is 17.9 Å². The molecule has 1 rings (SSSR count). The Morgan fingerprint density at radius 2 is 2.09 bits per heavy atom. The molecule has 0 saturated carbocycles. The van der Waals surface area contributed by atoms with Crippen molar-refractivity contribution in [2.75, 3.05) is 25.6 Å². The monoisotopic (exact) mass is 313 g/mol. The van der Waals surface area contributed by atoms with Gasteiger partial charge in [-0.05, 0) is 12.1 Å². The van der Waals surface area contributed by atoms with Crippen molar-refractivity contribution in [3.8, 4) is 6.07 Å². The first-order chi connectivity index (χ1) is 10.4. The first kappa shape index (κ1) is 17.5. The van der Waals surface area contributed by atoms with Gasteiger partial charge in [0.15, 0.2) is 0 Å². The van der Waals surface area contributed by atoms with Gasteiger partial charge in [0.25, 0.3) is 5.91 Å². The Morgan fingerprint density at radius 1 is 1.41 bits per heavy atom. The van der Waals surface area contributed by atoms with E-state index in [4.69, 9.17) is 10.00 Å². The fourth-order valence-corrected chi connectivity index (χ4v) is 1.52. The van der Waals surface area contributed by atoms with E-state index in [0.29, 0.717) is 0 Å². The first-order valence-corrected chi connectivity index (χ1v) is 6.20. The molecule has 0 aliphatic carbocycles. The summed E-state index contributed by atoms with van der Waals surface area (Å²) in [5.74, 6) is -0.698. The Balaban J connectivity index is 2.86. The highest BCUT2D eigenvalue weighted by atomic mass is 19.4. The minimum Gasteiger partial charge on any atom is -0.383 e. The Labute approximate surface area is 125 Å². The van der Waals surface area contributed by atoms with Gasteiger partial charge in [-0.25, -0.2) is 0 Å². The Hall–Kier alpha value is -2.53. The first-order valence-electron chi connectivity index (χ1n) is 6.20. The van der Waals surface area contributed by atoms with Crippen LogP contribution < -0.4 is 10.6 Å². The van der Waals surface area contributed by atoms with Crippen LogP contribution >= 0.6 is 0 Å². The van der Waals surface area contributed by atoms with Crippen molar-refractivity contribution in [3.63, 3.8) is 0 Å². The van der Waals surface area contributed by atoms with Crippen molar-refractivity contribution >= 4 is 11.6 Å². The predicted molar refractivity (Wildman–Crippen MR) is 73.6 cm³/mol. The molecule has 0 atom stereocenters. The normalized spacial score (nSPS) is 11.7. The average molecular weight is 313 g/mol. The van der Waals surface area contributed by atoms with E-state index in [9.17, 15) is 18.0 Å². The van der Waals surface area contributed by atoms with Gasteiger partial charge >= 0.3 is 6.18 Å². The summed E-state index contributed by atoms with van der Waals surface area (Å²) in [6, 6.07) is 6.39. The third-order valence-corrected chi connectivity index (χ3v) is 2.56. The molecule has 0 radical (unpaired) electrons. The second-order valence-corrected chi connectivity index (χ2v) is 4.11. The highest BCUT2D eigenvalue weighted by Crippen LogP contribution is 2.34. The molecule has 1 aromatic carbocycles. The molecule has 8 heteroatoms. The number of anilines is 1. The van der Waals surface area contributed by atoms with Crippen LogP contribution in [0.5, 0.6) is 0 Å². The zero-order chi connectivity index (χ0) is 16.6. The minimum absolute atomic E-state index is 0.188. The van der Waals surface area contributed by atoms with Crippen LogP contribution in [0.2, 0.25) is 0 Å². The highest BCUT2D eigenvalue weighted by Gasteiger charge is 2.33. The summed E-state index contributed by atoms with van der Waals surface area (Å²) in [5, 5.41) is 13.6. The third kappa shape index (κ3) is 5.10. The van der Waals surface area contributed by atoms with Crippen LogP contribution in [-0.2, 0) is 15.7 Å². The standard InChI is InChI=1S/C14H14F3N3O2/c1-22-7-6-19-13(21)10(8-18)9-20-12-5-3-2-4-11(12)14(15,16)17/h2-5,9,20H,6-7H2,1H3,(H,19,21)/b10-9-. The third-order valence-electron chi connectivity index (χ3n) is 2.56. The lowest BCUT2D eigenvalue weighted by atomic mass is 10.1. The number of hydrogen-bond acceptors (Lipinski definition) is 4. The fourth-order valence-electron chi connectivity index (χ4n) is 1.52. The van der Waals surface area contributed by atoms with Crippen LogP contribution in [0, 0.1) is 11.3 Å². The highest BCUT2D eigenvalue weighted by molar-refractivity contribution is 5.97. The molecule has 0 heterocycles. The lowest BCUT2D eigenvalue weighted by Gasteiger charge is -2.12. The summed E-state index contributed by atoms with van der Waals surface area (Å²) < 4.78 is 43.1. The zero-order valence-electron chi connectivity index (χ0n) is 11.7. The number of nitrogens with one attached hydrogen (secondary N) is 2. The molecule has 0 saturated heterocycles. The smallest absolute Gasteiger partial charge is 0.383 e. The zero-order valence-corrected chi connectivity index (χ0v) is 11.7. The van der Waals surface area contributed by atoms with Gasteiger partial charge in [-0.3, -0.25) is 4.79 Å². The van der Waals surface area contributed by atoms with Crippen molar-refractivity contribution in [1.82, 2.24) is 5.32 Å². The summed E-state index contributed by atoms with van der Waals surface area (Å²) >= 11 is 0. The number of hydrogen-bond donors (Lipinski definition) is 2. The van der Waals surface area contributed by atoms with Crippen LogP contribution in [-0.4, -0.2) is 26.2 Å². The van der Waals surface area contributed by atoms with Gasteiger partial charge in [-0.2, -0.15) is 18.4 Å². The second kappa shape index (κ2) is 8.05. The Bertz CT molecular complexity index is 592. The number of amides is 1. The maximum atomic E-state index is 12.8. The van der Waals surface area contributed by atoms with Crippen molar-refractivity contribution in [3.05, 3.63) is 41.6 Å². The molecule has 0 aromatic heterocycles. The molecule has 0 aliphatic heterocycles. The molecular formula is C14H14F3N3O2. The molecular weight excluding hydrogens is 299 g/mol. The van der Waals surface area contributed by atoms with Crippen LogP contribution in [0.4, 0.5) is 18.9 Å². The molecule has 1 amide bonds. The number of rotatable bonds is 6. The van der Waals surface area contributed by atoms with Crippen molar-refractivity contribution in [1.29, 1.82) is 5.26 Å². The molecule has 0 unspecified atom stereocenters. The molecule has 2 N–H and O–H groups in total. The average Bonchev–Trinajstić information content (AvgIpc) is 2.47. The van der Waals surface area contributed by atoms with E-state index in [0.717, 1.165) is 12.3 Å². The topological polar surface area (TPSA) is 74.1 Å². The van der Waals surface area contributed by atoms with Crippen LogP contribution in [0.25, 0.3) is 0 Å². The number of nitrogens with zero attached hydrogens (tertiary/aromatic N) is 1. The van der Waals surface area contributed by atoms with E-state index in [1.54, 1.807) is 6.07 Å². The van der Waals surface area contributed by atoms with E-state index < -0.39 is 17.6 Å². The molecule has 118 valence electrons. The maximum Gasteiger partial charge on any atom is 0.418 e. The van der Waals surface area contributed by atoms with Crippen molar-refractivity contribution < 1.29 is 22.7 Å². The van der Waals surface area contributed by atoms with E-state index >= 15 is 0 Å². The minimum atomic E-state index is -4.54. The number of methoxy groups -OCH3 is 1. The van der Waals surface area contributed by atoms with Gasteiger partial charge in [0.1, 0.15) is 11.6 Å². The summed E-state index contributed by atoms with van der Waals surface area (Å²) in [5.41, 5.74) is -1.47.